The highest BCUT2D eigenvalue weighted by molar-refractivity contribution is 7.13. The van der Waals surface area contributed by atoms with Crippen LogP contribution in [0.25, 0.3) is 0 Å². The molecule has 0 bridgehead atoms. The lowest BCUT2D eigenvalue weighted by atomic mass is 10.2. The standard InChI is InChI=1S/C16H18FN3O2S/c17-13-5-1-2-6-14(13)22-11-15(21)19-10-12-4-3-8-20(12)16-18-7-9-23-16/h1-2,5-7,9,12H,3-4,8,10-11H2,(H,19,21). The number of amides is 1. The molecule has 0 saturated carbocycles. The van der Waals surface area contributed by atoms with Gasteiger partial charge in [-0.2, -0.15) is 0 Å². The van der Waals surface area contributed by atoms with E-state index < -0.39 is 5.82 Å². The van der Waals surface area contributed by atoms with Gasteiger partial charge >= 0.3 is 0 Å². The van der Waals surface area contributed by atoms with Gasteiger partial charge in [0, 0.05) is 30.7 Å². The van der Waals surface area contributed by atoms with Crippen LogP contribution in [-0.2, 0) is 4.79 Å². The van der Waals surface area contributed by atoms with Crippen LogP contribution in [0.2, 0.25) is 0 Å². The highest BCUT2D eigenvalue weighted by atomic mass is 32.1. The van der Waals surface area contributed by atoms with Gasteiger partial charge in [0.1, 0.15) is 0 Å². The summed E-state index contributed by atoms with van der Waals surface area (Å²) in [6.07, 6.45) is 3.90. The Morgan fingerprint density at radius 1 is 1.48 bits per heavy atom. The summed E-state index contributed by atoms with van der Waals surface area (Å²) in [4.78, 5) is 18.4. The third kappa shape index (κ3) is 3.98. The summed E-state index contributed by atoms with van der Waals surface area (Å²) in [6.45, 7) is 1.31. The maximum Gasteiger partial charge on any atom is 0.258 e. The number of para-hydroxylation sites is 1. The second-order valence-corrected chi connectivity index (χ2v) is 6.20. The summed E-state index contributed by atoms with van der Waals surface area (Å²) in [5, 5.41) is 5.80. The Morgan fingerprint density at radius 3 is 3.13 bits per heavy atom. The fourth-order valence-electron chi connectivity index (χ4n) is 2.65. The van der Waals surface area contributed by atoms with Crippen molar-refractivity contribution in [1.82, 2.24) is 10.3 Å². The maximum absolute atomic E-state index is 13.4. The fraction of sp³-hybridized carbons (Fsp3) is 0.375. The Labute approximate surface area is 138 Å². The van der Waals surface area contributed by atoms with Gasteiger partial charge in [0.15, 0.2) is 23.3 Å². The van der Waals surface area contributed by atoms with Gasteiger partial charge in [-0.05, 0) is 25.0 Å². The minimum atomic E-state index is -0.467. The molecule has 1 fully saturated rings. The molecule has 0 spiro atoms. The monoisotopic (exact) mass is 335 g/mol. The summed E-state index contributed by atoms with van der Waals surface area (Å²) in [7, 11) is 0. The van der Waals surface area contributed by atoms with Gasteiger partial charge in [0.05, 0.1) is 0 Å². The number of aromatic nitrogens is 1. The van der Waals surface area contributed by atoms with Gasteiger partial charge in [-0.15, -0.1) is 11.3 Å². The van der Waals surface area contributed by atoms with Gasteiger partial charge < -0.3 is 15.0 Å². The molecule has 5 nitrogen and oxygen atoms in total. The van der Waals surface area contributed by atoms with E-state index in [-0.39, 0.29) is 24.3 Å². The molecule has 1 atom stereocenters. The smallest absolute Gasteiger partial charge is 0.258 e. The number of anilines is 1. The van der Waals surface area contributed by atoms with Crippen LogP contribution >= 0.6 is 11.3 Å². The van der Waals surface area contributed by atoms with Crippen molar-refractivity contribution in [2.75, 3.05) is 24.6 Å². The Bertz CT molecular complexity index is 651. The van der Waals surface area contributed by atoms with Gasteiger partial charge in [-0.1, -0.05) is 12.1 Å². The van der Waals surface area contributed by atoms with E-state index in [2.05, 4.69) is 15.2 Å². The van der Waals surface area contributed by atoms with Crippen LogP contribution in [0.15, 0.2) is 35.8 Å². The van der Waals surface area contributed by atoms with Crippen molar-refractivity contribution in [3.8, 4) is 5.75 Å². The molecule has 1 saturated heterocycles. The number of nitrogens with zero attached hydrogens (tertiary/aromatic N) is 2. The predicted molar refractivity (Wildman–Crippen MR) is 87.4 cm³/mol. The molecule has 23 heavy (non-hydrogen) atoms. The van der Waals surface area contributed by atoms with Crippen molar-refractivity contribution >= 4 is 22.4 Å². The van der Waals surface area contributed by atoms with Crippen molar-refractivity contribution in [2.24, 2.45) is 0 Å². The molecule has 1 aromatic heterocycles. The average Bonchev–Trinajstić information content (AvgIpc) is 3.22. The van der Waals surface area contributed by atoms with Crippen LogP contribution in [0.5, 0.6) is 5.75 Å². The van der Waals surface area contributed by atoms with Crippen molar-refractivity contribution in [1.29, 1.82) is 0 Å². The number of nitrogens with one attached hydrogen (secondary N) is 1. The number of halogens is 1. The topological polar surface area (TPSA) is 54.5 Å². The quantitative estimate of drug-likeness (QED) is 0.881. The van der Waals surface area contributed by atoms with Crippen LogP contribution in [-0.4, -0.2) is 36.6 Å². The first-order chi connectivity index (χ1) is 11.2. The molecule has 7 heteroatoms. The number of hydrogen-bond acceptors (Lipinski definition) is 5. The summed E-state index contributed by atoms with van der Waals surface area (Å²) in [6, 6.07) is 6.30. The highest BCUT2D eigenvalue weighted by Gasteiger charge is 2.26. The second kappa shape index (κ2) is 7.41. The zero-order valence-electron chi connectivity index (χ0n) is 12.6. The van der Waals surface area contributed by atoms with Gasteiger partial charge in [0.2, 0.25) is 0 Å². The number of thiazole rings is 1. The lowest BCUT2D eigenvalue weighted by Crippen LogP contribution is -2.41. The van der Waals surface area contributed by atoms with E-state index in [1.165, 1.54) is 12.1 Å². The largest absolute Gasteiger partial charge is 0.481 e. The molecule has 1 amide bonds. The zero-order valence-corrected chi connectivity index (χ0v) is 13.4. The fourth-order valence-corrected chi connectivity index (χ4v) is 3.39. The zero-order chi connectivity index (χ0) is 16.1. The van der Waals surface area contributed by atoms with E-state index in [0.29, 0.717) is 6.54 Å². The van der Waals surface area contributed by atoms with E-state index in [1.54, 1.807) is 29.7 Å². The Balaban J connectivity index is 1.46. The first-order valence-electron chi connectivity index (χ1n) is 7.54. The lowest BCUT2D eigenvalue weighted by molar-refractivity contribution is -0.123. The molecule has 1 aliphatic heterocycles. The molecule has 0 aliphatic carbocycles. The molecular weight excluding hydrogens is 317 g/mol. The number of rotatable bonds is 6. The highest BCUT2D eigenvalue weighted by Crippen LogP contribution is 2.26. The molecule has 3 rings (SSSR count). The minimum Gasteiger partial charge on any atom is -0.481 e. The normalized spacial score (nSPS) is 17.3. The summed E-state index contributed by atoms with van der Waals surface area (Å²) in [5.41, 5.74) is 0. The van der Waals surface area contributed by atoms with Gasteiger partial charge in [0.25, 0.3) is 5.91 Å². The Kier molecular flexibility index (Phi) is 5.07. The molecule has 2 aromatic rings. The number of carbonyl (C=O) groups excluding carboxylic acids is 1. The molecule has 1 aliphatic rings. The van der Waals surface area contributed by atoms with Crippen molar-refractivity contribution < 1.29 is 13.9 Å². The Hall–Kier alpha value is -2.15. The van der Waals surface area contributed by atoms with E-state index in [9.17, 15) is 9.18 Å². The lowest BCUT2D eigenvalue weighted by Gasteiger charge is -2.24. The summed E-state index contributed by atoms with van der Waals surface area (Å²) in [5.74, 6) is -0.627. The molecule has 1 aromatic carbocycles. The van der Waals surface area contributed by atoms with Crippen LogP contribution < -0.4 is 15.0 Å². The number of ether oxygens (including phenoxy) is 1. The van der Waals surface area contributed by atoms with Crippen molar-refractivity contribution in [3.63, 3.8) is 0 Å². The summed E-state index contributed by atoms with van der Waals surface area (Å²) >= 11 is 1.60. The van der Waals surface area contributed by atoms with Crippen LogP contribution in [0.3, 0.4) is 0 Å². The minimum absolute atomic E-state index is 0.0907. The Morgan fingerprint density at radius 2 is 2.35 bits per heavy atom. The third-order valence-electron chi connectivity index (χ3n) is 3.77. The summed E-state index contributed by atoms with van der Waals surface area (Å²) < 4.78 is 18.6. The molecular formula is C16H18FN3O2S. The van der Waals surface area contributed by atoms with Gasteiger partial charge in [-0.3, -0.25) is 4.79 Å². The molecule has 2 heterocycles. The number of hydrogen-bond donors (Lipinski definition) is 1. The SMILES string of the molecule is O=C(COc1ccccc1F)NCC1CCCN1c1nccs1. The number of carbonyl (C=O) groups is 1. The van der Waals surface area contributed by atoms with Crippen LogP contribution in [0.4, 0.5) is 9.52 Å². The maximum atomic E-state index is 13.4. The first-order valence-corrected chi connectivity index (χ1v) is 8.42. The van der Waals surface area contributed by atoms with E-state index >= 15 is 0 Å². The number of benzene rings is 1. The van der Waals surface area contributed by atoms with Gasteiger partial charge in [-0.25, -0.2) is 9.37 Å². The molecule has 1 unspecified atom stereocenters. The molecule has 0 radical (unpaired) electrons. The average molecular weight is 335 g/mol. The second-order valence-electron chi connectivity index (χ2n) is 5.33. The third-order valence-corrected chi connectivity index (χ3v) is 4.58. The molecule has 1 N–H and O–H groups in total. The predicted octanol–water partition coefficient (Wildman–Crippen LogP) is 2.45. The van der Waals surface area contributed by atoms with Crippen LogP contribution in [0.1, 0.15) is 12.8 Å². The van der Waals surface area contributed by atoms with E-state index in [0.717, 1.165) is 24.5 Å². The van der Waals surface area contributed by atoms with Crippen molar-refractivity contribution in [3.05, 3.63) is 41.7 Å². The van der Waals surface area contributed by atoms with Crippen LogP contribution in [0, 0.1) is 5.82 Å². The first kappa shape index (κ1) is 15.7. The van der Waals surface area contributed by atoms with E-state index in [1.807, 2.05) is 5.38 Å². The van der Waals surface area contributed by atoms with Crippen molar-refractivity contribution in [2.45, 2.75) is 18.9 Å². The van der Waals surface area contributed by atoms with E-state index in [4.69, 9.17) is 4.74 Å². The molecule has 122 valence electrons.